The molecular formula is C17H8F7N5. The van der Waals surface area contributed by atoms with Crippen LogP contribution < -0.4 is 5.32 Å². The van der Waals surface area contributed by atoms with Crippen LogP contribution in [-0.2, 0) is 0 Å². The van der Waals surface area contributed by atoms with E-state index in [2.05, 4.69) is 10.2 Å². The topological polar surface area (TPSA) is 88.3 Å². The van der Waals surface area contributed by atoms with Crippen molar-refractivity contribution in [2.24, 2.45) is 0 Å². The molecule has 2 heterocycles. The fraction of sp³-hybridized carbons (Fsp3) is 0.235. The smallest absolute Gasteiger partial charge is 0.346 e. The van der Waals surface area contributed by atoms with Crippen LogP contribution in [0.1, 0.15) is 17.2 Å². The Morgan fingerprint density at radius 3 is 1.93 bits per heavy atom. The molecule has 0 radical (unpaired) electrons. The van der Waals surface area contributed by atoms with Gasteiger partial charge in [0.05, 0.1) is 40.4 Å². The molecule has 5 nitrogen and oxygen atoms in total. The predicted molar refractivity (Wildman–Crippen MR) is 84.1 cm³/mol. The second kappa shape index (κ2) is 6.51. The number of nitriles is 2. The van der Waals surface area contributed by atoms with Gasteiger partial charge in [-0.3, -0.25) is 5.10 Å². The summed E-state index contributed by atoms with van der Waals surface area (Å²) in [5.74, 6) is -3.41. The second-order valence-electron chi connectivity index (χ2n) is 6.08. The van der Waals surface area contributed by atoms with Crippen LogP contribution in [0.5, 0.6) is 0 Å². The summed E-state index contributed by atoms with van der Waals surface area (Å²) in [4.78, 5) is 0. The summed E-state index contributed by atoms with van der Waals surface area (Å²) in [6, 6.07) is 4.18. The van der Waals surface area contributed by atoms with E-state index in [4.69, 9.17) is 0 Å². The van der Waals surface area contributed by atoms with E-state index in [-0.39, 0.29) is 10.9 Å². The predicted octanol–water partition coefficient (Wildman–Crippen LogP) is 4.38. The van der Waals surface area contributed by atoms with Gasteiger partial charge in [-0.05, 0) is 19.1 Å². The summed E-state index contributed by atoms with van der Waals surface area (Å²) in [6.45, 7) is 1.48. The minimum atomic E-state index is -5.38. The zero-order chi connectivity index (χ0) is 21.7. The Bertz CT molecular complexity index is 1100. The molecule has 150 valence electrons. The van der Waals surface area contributed by atoms with Gasteiger partial charge in [0, 0.05) is 10.9 Å². The largest absolute Gasteiger partial charge is 0.432 e. The summed E-state index contributed by atoms with van der Waals surface area (Å²) in [7, 11) is 0. The summed E-state index contributed by atoms with van der Waals surface area (Å²) in [5.41, 5.74) is -6.73. The van der Waals surface area contributed by atoms with Crippen LogP contribution in [0.2, 0.25) is 0 Å². The molecule has 1 aromatic carbocycles. The van der Waals surface area contributed by atoms with E-state index in [0.29, 0.717) is 5.69 Å². The maximum absolute atomic E-state index is 14.7. The SMILES string of the molecule is Cc1n[nH]c2cc(F)c(C3C(C#N)=C(C(F)(F)F)NC(C(F)(F)F)=C3C#N)cc12. The number of dihydropyridines is 1. The van der Waals surface area contributed by atoms with E-state index in [0.717, 1.165) is 17.4 Å². The van der Waals surface area contributed by atoms with Gasteiger partial charge in [-0.2, -0.15) is 42.0 Å². The van der Waals surface area contributed by atoms with Gasteiger partial charge in [0.25, 0.3) is 0 Å². The van der Waals surface area contributed by atoms with Crippen LogP contribution in [0, 0.1) is 35.4 Å². The van der Waals surface area contributed by atoms with Gasteiger partial charge >= 0.3 is 12.4 Å². The lowest BCUT2D eigenvalue weighted by molar-refractivity contribution is -0.112. The van der Waals surface area contributed by atoms with Crippen LogP contribution in [0.4, 0.5) is 30.7 Å². The first kappa shape index (κ1) is 20.2. The van der Waals surface area contributed by atoms with Gasteiger partial charge in [-0.25, -0.2) is 4.39 Å². The van der Waals surface area contributed by atoms with Crippen LogP contribution in [0.3, 0.4) is 0 Å². The number of aromatic nitrogens is 2. The minimum Gasteiger partial charge on any atom is -0.346 e. The molecule has 2 aromatic rings. The Labute approximate surface area is 157 Å². The lowest BCUT2D eigenvalue weighted by Crippen LogP contribution is -2.39. The van der Waals surface area contributed by atoms with Crippen LogP contribution in [0.15, 0.2) is 34.7 Å². The number of hydrogen-bond donors (Lipinski definition) is 2. The second-order valence-corrected chi connectivity index (χ2v) is 6.08. The first-order valence-corrected chi connectivity index (χ1v) is 7.74. The van der Waals surface area contributed by atoms with Crippen molar-refractivity contribution in [3.8, 4) is 12.1 Å². The van der Waals surface area contributed by atoms with E-state index >= 15 is 0 Å². The molecule has 0 saturated carbocycles. The number of benzene rings is 1. The quantitative estimate of drug-likeness (QED) is 0.677. The lowest BCUT2D eigenvalue weighted by Gasteiger charge is -2.30. The highest BCUT2D eigenvalue weighted by Gasteiger charge is 2.50. The highest BCUT2D eigenvalue weighted by molar-refractivity contribution is 5.82. The van der Waals surface area contributed by atoms with Crippen molar-refractivity contribution < 1.29 is 30.7 Å². The number of halogens is 7. The van der Waals surface area contributed by atoms with Crippen molar-refractivity contribution in [1.82, 2.24) is 15.5 Å². The number of nitrogens with zero attached hydrogens (tertiary/aromatic N) is 3. The number of H-pyrrole nitrogens is 1. The van der Waals surface area contributed by atoms with Gasteiger partial charge in [0.2, 0.25) is 0 Å². The fourth-order valence-electron chi connectivity index (χ4n) is 3.10. The monoisotopic (exact) mass is 415 g/mol. The molecule has 0 spiro atoms. The summed E-state index contributed by atoms with van der Waals surface area (Å²) in [5, 5.41) is 26.1. The van der Waals surface area contributed by atoms with Crippen LogP contribution in [-0.4, -0.2) is 22.5 Å². The third-order valence-electron chi connectivity index (χ3n) is 4.36. The molecule has 0 atom stereocenters. The number of nitrogens with one attached hydrogen (secondary N) is 2. The van der Waals surface area contributed by atoms with Crippen molar-refractivity contribution in [2.75, 3.05) is 0 Å². The molecule has 12 heteroatoms. The third kappa shape index (κ3) is 3.27. The number of alkyl halides is 6. The molecule has 1 aliphatic rings. The average molecular weight is 415 g/mol. The van der Waals surface area contributed by atoms with Crippen LogP contribution >= 0.6 is 0 Å². The Morgan fingerprint density at radius 1 is 0.966 bits per heavy atom. The lowest BCUT2D eigenvalue weighted by atomic mass is 9.80. The Morgan fingerprint density at radius 2 is 1.48 bits per heavy atom. The number of fused-ring (bicyclic) bond motifs is 1. The van der Waals surface area contributed by atoms with E-state index < -0.39 is 52.2 Å². The molecule has 0 unspecified atom stereocenters. The average Bonchev–Trinajstić information content (AvgIpc) is 2.97. The van der Waals surface area contributed by atoms with Gasteiger partial charge in [0.15, 0.2) is 0 Å². The number of allylic oxidation sites excluding steroid dienone is 4. The van der Waals surface area contributed by atoms with Crippen molar-refractivity contribution in [2.45, 2.75) is 25.2 Å². The number of rotatable bonds is 1. The zero-order valence-corrected chi connectivity index (χ0v) is 14.2. The summed E-state index contributed by atoms with van der Waals surface area (Å²) < 4.78 is 94.9. The van der Waals surface area contributed by atoms with Gasteiger partial charge in [0.1, 0.15) is 17.2 Å². The normalized spacial score (nSPS) is 16.1. The molecule has 1 aliphatic heterocycles. The van der Waals surface area contributed by atoms with E-state index in [9.17, 15) is 41.3 Å². The number of hydrogen-bond acceptors (Lipinski definition) is 4. The molecule has 0 saturated heterocycles. The third-order valence-corrected chi connectivity index (χ3v) is 4.36. The first-order valence-electron chi connectivity index (χ1n) is 7.74. The molecule has 0 amide bonds. The zero-order valence-electron chi connectivity index (χ0n) is 14.2. The summed E-state index contributed by atoms with van der Waals surface area (Å²) >= 11 is 0. The van der Waals surface area contributed by atoms with Crippen molar-refractivity contribution in [3.05, 3.63) is 51.7 Å². The van der Waals surface area contributed by atoms with Crippen molar-refractivity contribution in [1.29, 1.82) is 10.5 Å². The summed E-state index contributed by atoms with van der Waals surface area (Å²) in [6.07, 6.45) is -10.8. The van der Waals surface area contributed by atoms with Gasteiger partial charge in [-0.1, -0.05) is 0 Å². The Kier molecular flexibility index (Phi) is 4.54. The van der Waals surface area contributed by atoms with Gasteiger partial charge in [-0.15, -0.1) is 0 Å². The fourth-order valence-corrected chi connectivity index (χ4v) is 3.10. The first-order chi connectivity index (χ1) is 13.4. The number of aryl methyl sites for hydroxylation is 1. The standard InChI is InChI=1S/C17H8F7N5/c1-6-7-2-8(11(18)3-12(7)29-28-6)13-9(4-25)14(16(19,20)21)27-15(10(13)5-26)17(22,23)24/h2-3,13,27H,1H3,(H,28,29). The maximum atomic E-state index is 14.7. The van der Waals surface area contributed by atoms with Crippen molar-refractivity contribution >= 4 is 10.9 Å². The molecular weight excluding hydrogens is 407 g/mol. The highest BCUT2D eigenvalue weighted by atomic mass is 19.4. The van der Waals surface area contributed by atoms with E-state index in [1.807, 2.05) is 0 Å². The molecule has 2 N–H and O–H groups in total. The van der Waals surface area contributed by atoms with E-state index in [1.165, 1.54) is 19.1 Å². The highest BCUT2D eigenvalue weighted by Crippen LogP contribution is 2.46. The molecule has 0 bridgehead atoms. The molecule has 29 heavy (non-hydrogen) atoms. The Balaban J connectivity index is 2.42. The van der Waals surface area contributed by atoms with Gasteiger partial charge < -0.3 is 5.32 Å². The van der Waals surface area contributed by atoms with Crippen LogP contribution in [0.25, 0.3) is 10.9 Å². The van der Waals surface area contributed by atoms with Crippen molar-refractivity contribution in [3.63, 3.8) is 0 Å². The molecule has 0 fully saturated rings. The molecule has 1 aromatic heterocycles. The maximum Gasteiger partial charge on any atom is 0.432 e. The molecule has 0 aliphatic carbocycles. The van der Waals surface area contributed by atoms with E-state index in [1.54, 1.807) is 0 Å². The number of aromatic amines is 1. The molecule has 3 rings (SSSR count). The minimum absolute atomic E-state index is 0.148. The Hall–Kier alpha value is -3.54.